The molecule has 0 saturated carbocycles. The van der Waals surface area contributed by atoms with Gasteiger partial charge in [0.25, 0.3) is 0 Å². The minimum absolute atomic E-state index is 0.188. The molecule has 7 nitrogen and oxygen atoms in total. The van der Waals surface area contributed by atoms with Crippen molar-refractivity contribution in [3.05, 3.63) is 54.3 Å². The summed E-state index contributed by atoms with van der Waals surface area (Å²) >= 11 is 0. The number of likely N-dealkylation sites (tertiary alicyclic amines) is 1. The summed E-state index contributed by atoms with van der Waals surface area (Å²) in [6.07, 6.45) is 2.14. The third-order valence-electron chi connectivity index (χ3n) is 5.56. The molecule has 4 aromatic rings. The summed E-state index contributed by atoms with van der Waals surface area (Å²) in [5.41, 5.74) is 3.12. The molecule has 0 spiro atoms. The van der Waals surface area contributed by atoms with Gasteiger partial charge in [0.2, 0.25) is 0 Å². The number of phenolic OH excluding ortho intramolecular Hbond substituents is 1. The predicted molar refractivity (Wildman–Crippen MR) is 109 cm³/mol. The van der Waals surface area contributed by atoms with Gasteiger partial charge in [-0.2, -0.15) is 5.10 Å². The number of aromatic hydroxyl groups is 1. The van der Waals surface area contributed by atoms with Crippen molar-refractivity contribution in [2.75, 3.05) is 13.2 Å². The van der Waals surface area contributed by atoms with Crippen LogP contribution in [-0.4, -0.2) is 49.5 Å². The summed E-state index contributed by atoms with van der Waals surface area (Å²) in [6, 6.07) is 15.0. The quantitative estimate of drug-likeness (QED) is 0.482. The van der Waals surface area contributed by atoms with Crippen LogP contribution in [0.4, 0.5) is 0 Å². The fourth-order valence-corrected chi connectivity index (χ4v) is 3.99. The van der Waals surface area contributed by atoms with E-state index in [0.29, 0.717) is 12.2 Å². The number of aromatic amines is 1. The number of aliphatic hydroxyl groups is 1. The number of hydrogen-bond donors (Lipinski definition) is 3. The topological polar surface area (TPSA) is 98.4 Å². The average molecular weight is 390 g/mol. The molecule has 3 aromatic heterocycles. The van der Waals surface area contributed by atoms with Gasteiger partial charge in [0.1, 0.15) is 17.2 Å². The van der Waals surface area contributed by atoms with Crippen LogP contribution in [-0.2, 0) is 6.54 Å². The van der Waals surface area contributed by atoms with Gasteiger partial charge < -0.3 is 14.6 Å². The maximum absolute atomic E-state index is 9.50. The van der Waals surface area contributed by atoms with Gasteiger partial charge in [-0.05, 0) is 67.9 Å². The highest BCUT2D eigenvalue weighted by atomic mass is 16.3. The number of rotatable bonds is 5. The van der Waals surface area contributed by atoms with Crippen LogP contribution in [0.25, 0.3) is 33.7 Å². The summed E-state index contributed by atoms with van der Waals surface area (Å²) in [5, 5.41) is 27.2. The molecule has 0 aliphatic carbocycles. The van der Waals surface area contributed by atoms with E-state index in [2.05, 4.69) is 20.1 Å². The first-order chi connectivity index (χ1) is 14.2. The van der Waals surface area contributed by atoms with Crippen LogP contribution in [0.3, 0.4) is 0 Å². The third-order valence-corrected chi connectivity index (χ3v) is 5.56. The Morgan fingerprint density at radius 3 is 2.79 bits per heavy atom. The second-order valence-electron chi connectivity index (χ2n) is 7.43. The van der Waals surface area contributed by atoms with Crippen LogP contribution in [0, 0.1) is 0 Å². The molecule has 7 heteroatoms. The average Bonchev–Trinajstić information content (AvgIpc) is 3.47. The number of aliphatic hydroxyl groups excluding tert-OH is 1. The minimum Gasteiger partial charge on any atom is -0.508 e. The zero-order valence-corrected chi connectivity index (χ0v) is 15.9. The number of pyridine rings is 1. The molecule has 3 N–H and O–H groups in total. The highest BCUT2D eigenvalue weighted by Crippen LogP contribution is 2.30. The van der Waals surface area contributed by atoms with E-state index in [9.17, 15) is 10.2 Å². The van der Waals surface area contributed by atoms with Gasteiger partial charge in [-0.15, -0.1) is 0 Å². The standard InChI is InChI=1S/C22H22N4O3/c27-13-15-2-1-11-26(15)12-17-7-10-20(29-17)21-18-8-9-19(23-22(18)25-24-21)14-3-5-16(28)6-4-14/h3-10,15,27-28H,1-2,11-13H2,(H,23,24,25). The maximum Gasteiger partial charge on any atom is 0.182 e. The molecule has 29 heavy (non-hydrogen) atoms. The summed E-state index contributed by atoms with van der Waals surface area (Å²) in [5.74, 6) is 1.82. The highest BCUT2D eigenvalue weighted by Gasteiger charge is 2.24. The van der Waals surface area contributed by atoms with E-state index in [-0.39, 0.29) is 18.4 Å². The number of fused-ring (bicyclic) bond motifs is 1. The van der Waals surface area contributed by atoms with Crippen molar-refractivity contribution < 1.29 is 14.6 Å². The number of benzene rings is 1. The zero-order valence-electron chi connectivity index (χ0n) is 15.9. The number of nitrogens with one attached hydrogen (secondary N) is 1. The number of aromatic nitrogens is 3. The van der Waals surface area contributed by atoms with E-state index in [0.717, 1.165) is 53.2 Å². The summed E-state index contributed by atoms with van der Waals surface area (Å²) in [7, 11) is 0. The van der Waals surface area contributed by atoms with Gasteiger partial charge in [0, 0.05) is 17.0 Å². The SMILES string of the molecule is OCC1CCCN1Cc1ccc(-c2[nH]nc3nc(-c4ccc(O)cc4)ccc23)o1. The zero-order chi connectivity index (χ0) is 19.8. The van der Waals surface area contributed by atoms with Crippen LogP contribution < -0.4 is 0 Å². The van der Waals surface area contributed by atoms with E-state index in [1.54, 1.807) is 12.1 Å². The first kappa shape index (κ1) is 17.9. The Labute approximate surface area is 167 Å². The monoisotopic (exact) mass is 390 g/mol. The van der Waals surface area contributed by atoms with Crippen molar-refractivity contribution in [1.29, 1.82) is 0 Å². The fraction of sp³-hybridized carbons (Fsp3) is 0.273. The first-order valence-electron chi connectivity index (χ1n) is 9.80. The van der Waals surface area contributed by atoms with Gasteiger partial charge in [0.05, 0.1) is 18.8 Å². The number of nitrogens with zero attached hydrogens (tertiary/aromatic N) is 3. The number of H-pyrrole nitrogens is 1. The largest absolute Gasteiger partial charge is 0.508 e. The number of furan rings is 1. The lowest BCUT2D eigenvalue weighted by Crippen LogP contribution is -2.31. The smallest absolute Gasteiger partial charge is 0.182 e. The highest BCUT2D eigenvalue weighted by molar-refractivity contribution is 5.90. The molecule has 1 aromatic carbocycles. The Morgan fingerprint density at radius 1 is 1.10 bits per heavy atom. The molecule has 0 amide bonds. The van der Waals surface area contributed by atoms with Crippen molar-refractivity contribution in [2.45, 2.75) is 25.4 Å². The molecule has 1 aliphatic heterocycles. The van der Waals surface area contributed by atoms with Crippen LogP contribution in [0.15, 0.2) is 52.9 Å². The van der Waals surface area contributed by atoms with Crippen molar-refractivity contribution in [2.24, 2.45) is 0 Å². The van der Waals surface area contributed by atoms with Crippen molar-refractivity contribution >= 4 is 11.0 Å². The van der Waals surface area contributed by atoms with E-state index in [4.69, 9.17) is 4.42 Å². The first-order valence-corrected chi connectivity index (χ1v) is 9.80. The van der Waals surface area contributed by atoms with Gasteiger partial charge in [-0.3, -0.25) is 10.00 Å². The van der Waals surface area contributed by atoms with Crippen molar-refractivity contribution in [3.63, 3.8) is 0 Å². The number of phenols is 1. The lowest BCUT2D eigenvalue weighted by molar-refractivity contribution is 0.146. The number of hydrogen-bond acceptors (Lipinski definition) is 6. The Balaban J connectivity index is 1.41. The molecule has 4 heterocycles. The summed E-state index contributed by atoms with van der Waals surface area (Å²) in [4.78, 5) is 6.89. The van der Waals surface area contributed by atoms with Crippen LogP contribution in [0.5, 0.6) is 5.75 Å². The van der Waals surface area contributed by atoms with Gasteiger partial charge >= 0.3 is 0 Å². The minimum atomic E-state index is 0.188. The second-order valence-corrected chi connectivity index (χ2v) is 7.43. The van der Waals surface area contributed by atoms with Crippen LogP contribution in [0.1, 0.15) is 18.6 Å². The van der Waals surface area contributed by atoms with Gasteiger partial charge in [-0.25, -0.2) is 4.98 Å². The predicted octanol–water partition coefficient (Wildman–Crippen LogP) is 3.55. The third kappa shape index (κ3) is 3.39. The fourth-order valence-electron chi connectivity index (χ4n) is 3.99. The van der Waals surface area contributed by atoms with E-state index in [1.807, 2.05) is 36.4 Å². The molecule has 1 unspecified atom stereocenters. The Kier molecular flexibility index (Phi) is 4.54. The summed E-state index contributed by atoms with van der Waals surface area (Å²) < 4.78 is 6.07. The maximum atomic E-state index is 9.50. The van der Waals surface area contributed by atoms with E-state index in [1.165, 1.54) is 0 Å². The van der Waals surface area contributed by atoms with Crippen molar-refractivity contribution in [1.82, 2.24) is 20.1 Å². The Bertz CT molecular complexity index is 1130. The molecule has 0 radical (unpaired) electrons. The van der Waals surface area contributed by atoms with Crippen molar-refractivity contribution in [3.8, 4) is 28.5 Å². The molecule has 1 atom stereocenters. The summed E-state index contributed by atoms with van der Waals surface area (Å²) in [6.45, 7) is 1.87. The lowest BCUT2D eigenvalue weighted by atomic mass is 10.1. The molecule has 5 rings (SSSR count). The molecule has 1 aliphatic rings. The van der Waals surface area contributed by atoms with Crippen LogP contribution in [0.2, 0.25) is 0 Å². The van der Waals surface area contributed by atoms with E-state index < -0.39 is 0 Å². The Hall–Kier alpha value is -3.16. The van der Waals surface area contributed by atoms with E-state index >= 15 is 0 Å². The lowest BCUT2D eigenvalue weighted by Gasteiger charge is -2.21. The second kappa shape index (κ2) is 7.35. The van der Waals surface area contributed by atoms with Gasteiger partial charge in [0.15, 0.2) is 11.4 Å². The molecule has 1 fully saturated rings. The van der Waals surface area contributed by atoms with Gasteiger partial charge in [-0.1, -0.05) is 0 Å². The Morgan fingerprint density at radius 2 is 1.97 bits per heavy atom. The van der Waals surface area contributed by atoms with Crippen LogP contribution >= 0.6 is 0 Å². The molecular formula is C22H22N4O3. The molecular weight excluding hydrogens is 368 g/mol. The molecule has 0 bridgehead atoms. The molecule has 1 saturated heterocycles. The molecule has 148 valence electrons. The normalized spacial score (nSPS) is 17.3.